The summed E-state index contributed by atoms with van der Waals surface area (Å²) in [5.74, 6) is -18.7. The number of amides is 11. The zero-order valence-electron chi connectivity index (χ0n) is 57.8. The number of phenolic OH excluding ortho intramolecular Hbond substituents is 2. The van der Waals surface area contributed by atoms with Crippen LogP contribution in [0.4, 0.5) is 0 Å². The van der Waals surface area contributed by atoms with Crippen LogP contribution >= 0.6 is 0 Å². The fraction of sp³-hybridized carbons (Fsp3) is 0.493. The Morgan fingerprint density at radius 3 is 1.91 bits per heavy atom. The van der Waals surface area contributed by atoms with E-state index in [0.717, 1.165) is 11.8 Å². The number of aromatic hydroxyl groups is 2. The zero-order valence-corrected chi connectivity index (χ0v) is 57.8. The molecule has 4 aromatic rings. The number of nitrogens with two attached hydrogens (primary N) is 1. The maximum absolute atomic E-state index is 15.2. The summed E-state index contributed by atoms with van der Waals surface area (Å²) in [7, 11) is 0. The van der Waals surface area contributed by atoms with Crippen molar-refractivity contribution in [2.75, 3.05) is 26.3 Å². The quantitative estimate of drug-likeness (QED) is 0.0387. The molecule has 4 aliphatic rings. The average molecular weight is 1470 g/mol. The number of nitrogens with one attached hydrogen (secondary N) is 12. The number of para-hydroxylation sites is 1. The number of carboxylic acid groups (broad SMARTS) is 2. The number of ether oxygens (including phenoxy) is 2. The highest BCUT2D eigenvalue weighted by Gasteiger charge is 2.43. The second kappa shape index (κ2) is 37.2. The smallest absolute Gasteiger partial charge is 0.326 e. The minimum atomic E-state index is -2.17. The minimum absolute atomic E-state index is 0.0170. The first-order valence-electron chi connectivity index (χ1n) is 34.4. The number of aromatic amines is 1. The number of carboxylic acids is 2. The van der Waals surface area contributed by atoms with Crippen LogP contribution in [0.1, 0.15) is 102 Å². The fourth-order valence-electron chi connectivity index (χ4n) is 12.3. The molecule has 11 amide bonds. The second-order valence-corrected chi connectivity index (χ2v) is 26.5. The van der Waals surface area contributed by atoms with Crippen LogP contribution in [-0.4, -0.2) is 224 Å². The Labute approximate surface area is 600 Å². The van der Waals surface area contributed by atoms with Crippen molar-refractivity contribution in [2.45, 2.75) is 183 Å². The average Bonchev–Trinajstić information content (AvgIpc) is 1.75. The van der Waals surface area contributed by atoms with Crippen LogP contribution < -0.4 is 64.4 Å². The Kier molecular flexibility index (Phi) is 28.2. The first-order valence-corrected chi connectivity index (χ1v) is 34.4. The monoisotopic (exact) mass is 1460 g/mol. The van der Waals surface area contributed by atoms with Gasteiger partial charge in [0.25, 0.3) is 0 Å². The van der Waals surface area contributed by atoms with Crippen molar-refractivity contribution in [1.82, 2.24) is 68.5 Å². The van der Waals surface area contributed by atoms with E-state index in [9.17, 15) is 68.4 Å². The molecule has 5 heterocycles. The third kappa shape index (κ3) is 22.9. The molecule has 4 saturated heterocycles. The lowest BCUT2D eigenvalue weighted by Crippen LogP contribution is -2.62. The summed E-state index contributed by atoms with van der Waals surface area (Å²) in [5, 5.41) is 65.9. The van der Waals surface area contributed by atoms with Crippen LogP contribution in [0.2, 0.25) is 0 Å². The van der Waals surface area contributed by atoms with E-state index in [1.165, 1.54) is 54.7 Å². The summed E-state index contributed by atoms with van der Waals surface area (Å²) in [4.78, 5) is 227. The summed E-state index contributed by atoms with van der Waals surface area (Å²) in [6.45, 7) is 2.32. The summed E-state index contributed by atoms with van der Waals surface area (Å²) in [5.41, 5.74) is 9.66. The summed E-state index contributed by atoms with van der Waals surface area (Å²) < 4.78 is 11.4. The van der Waals surface area contributed by atoms with E-state index in [1.54, 1.807) is 38.1 Å². The Morgan fingerprint density at radius 2 is 1.23 bits per heavy atom. The van der Waals surface area contributed by atoms with Gasteiger partial charge in [-0.2, -0.15) is 5.48 Å². The van der Waals surface area contributed by atoms with Crippen molar-refractivity contribution in [3.8, 4) is 11.5 Å². The summed E-state index contributed by atoms with van der Waals surface area (Å²) >= 11 is 0. The van der Waals surface area contributed by atoms with Crippen LogP contribution in [0.5, 0.6) is 11.5 Å². The van der Waals surface area contributed by atoms with Gasteiger partial charge in [-0.1, -0.05) is 56.3 Å². The van der Waals surface area contributed by atoms with E-state index < -0.39 is 219 Å². The van der Waals surface area contributed by atoms with Gasteiger partial charge in [0, 0.05) is 55.9 Å². The molecule has 4 bridgehead atoms. The standard InChI is InChI=1S/C69H88N14O22/c1-34(2)25-46-60(91)73-44-11-6-7-23-71-54(86)22-21-45(59(90)80-51(69(101)102)27-37-15-19-40(85)20-16-37)74-62(93)48-29-55(87)103-33-52(81-65(96)53-12-8-24-83(53)67(98)50(79-58(44)89)26-36-13-17-39(84)18-14-36)64(95)77-49(30-56(88)105-35(3)57(66(97)78-46)82-104-32-42(70)68(99)100)63(94)75-47(61(92)76-48)28-38-31-72-43-10-5-4-9-41(38)43/h4-5,9-10,13-20,31,34-35,42,44-53,57,72,82,84-85H,6-8,11-12,21-30,32-33,70H2,1-3H3,(H,71,86)(H,73,91)(H,74,93)(H,75,94)(H,76,92)(H,77,95)(H,78,97)(H,79,89)(H,80,90)(H,81,96)(H,99,100)(H,101,102)/t35-,42?,44+,45+,46+,47+,48+,49+,50+,51+,52+,53+,57+/m1/s1. The molecule has 13 atom stereocenters. The third-order valence-corrected chi connectivity index (χ3v) is 18.0. The number of esters is 2. The third-order valence-electron chi connectivity index (χ3n) is 18.0. The van der Waals surface area contributed by atoms with Crippen molar-refractivity contribution >= 4 is 99.8 Å². The highest BCUT2D eigenvalue weighted by molar-refractivity contribution is 6.01. The van der Waals surface area contributed by atoms with Crippen LogP contribution in [0.25, 0.3) is 10.9 Å². The van der Waals surface area contributed by atoms with Crippen molar-refractivity contribution in [3.63, 3.8) is 0 Å². The van der Waals surface area contributed by atoms with Crippen LogP contribution in [0.15, 0.2) is 79.0 Å². The number of rotatable bonds is 16. The number of fused-ring (bicyclic) bond motifs is 12. The fourth-order valence-corrected chi connectivity index (χ4v) is 12.3. The molecular weight excluding hydrogens is 1380 g/mol. The Balaban J connectivity index is 1.28. The highest BCUT2D eigenvalue weighted by atomic mass is 16.7. The normalized spacial score (nSPS) is 25.6. The SMILES string of the molecule is CC(C)C[C@@H]1NC(=O)[C@@H](NOCC(N)C(=O)O)[C@@H](C)OC(=O)C[C@@H]2NC(=O)[C@@H]3COC(=O)C[C@H](NC(=O)[C@H](Cc4c[nH]c5ccccc45)NC2=O)C(=O)N[C@H](C(=O)N[C@@H](Cc2ccc(O)cc2)C(=O)O)CCC(=O)NCCCC[C@H](NC1=O)C(=O)N[C@@H](Cc1ccc(O)cc1)C(=O)N1CCC[C@H]1C(=O)N3. The number of carbonyl (C=O) groups excluding carboxylic acids is 13. The molecule has 3 aromatic carbocycles. The number of hydroxylamine groups is 1. The maximum Gasteiger partial charge on any atom is 0.326 e. The minimum Gasteiger partial charge on any atom is -0.508 e. The maximum atomic E-state index is 15.2. The molecule has 105 heavy (non-hydrogen) atoms. The number of cyclic esters (lactones) is 1. The number of phenols is 2. The number of hydrogen-bond donors (Lipinski definition) is 17. The largest absolute Gasteiger partial charge is 0.508 e. The molecule has 1 unspecified atom stereocenters. The molecule has 36 nitrogen and oxygen atoms in total. The highest BCUT2D eigenvalue weighted by Crippen LogP contribution is 2.24. The second-order valence-electron chi connectivity index (χ2n) is 26.5. The van der Waals surface area contributed by atoms with E-state index in [4.69, 9.17) is 20.0 Å². The Hall–Kier alpha value is -11.3. The van der Waals surface area contributed by atoms with Gasteiger partial charge in [-0.3, -0.25) is 72.0 Å². The van der Waals surface area contributed by atoms with Gasteiger partial charge in [-0.05, 0) is 105 Å². The molecule has 0 radical (unpaired) electrons. The molecule has 18 N–H and O–H groups in total. The molecule has 0 aliphatic carbocycles. The molecule has 8 rings (SSSR count). The molecule has 566 valence electrons. The van der Waals surface area contributed by atoms with Gasteiger partial charge in [0.05, 0.1) is 19.4 Å². The number of aliphatic carboxylic acids is 2. The number of H-pyrrole nitrogens is 1. The lowest BCUT2D eigenvalue weighted by atomic mass is 10.00. The van der Waals surface area contributed by atoms with Crippen molar-refractivity contribution < 1.29 is 107 Å². The van der Waals surface area contributed by atoms with E-state index in [-0.39, 0.29) is 76.0 Å². The predicted octanol–water partition coefficient (Wildman–Crippen LogP) is -3.24. The molecule has 1 aromatic heterocycles. The van der Waals surface area contributed by atoms with Crippen molar-refractivity contribution in [1.29, 1.82) is 0 Å². The van der Waals surface area contributed by atoms with Gasteiger partial charge in [0.2, 0.25) is 65.0 Å². The van der Waals surface area contributed by atoms with E-state index in [2.05, 4.69) is 63.6 Å². The Bertz CT molecular complexity index is 3870. The van der Waals surface area contributed by atoms with Crippen molar-refractivity contribution in [2.24, 2.45) is 11.7 Å². The lowest BCUT2D eigenvalue weighted by molar-refractivity contribution is -0.157. The van der Waals surface area contributed by atoms with Crippen molar-refractivity contribution in [3.05, 3.63) is 95.7 Å². The van der Waals surface area contributed by atoms with Crippen LogP contribution in [0.3, 0.4) is 0 Å². The first-order chi connectivity index (χ1) is 50.0. The zero-order chi connectivity index (χ0) is 76.2. The summed E-state index contributed by atoms with van der Waals surface area (Å²) in [6.07, 6.45) is -5.09. The van der Waals surface area contributed by atoms with Gasteiger partial charge in [0.15, 0.2) is 0 Å². The molecule has 4 aliphatic heterocycles. The topological polar surface area (TPSA) is 542 Å². The number of carbonyl (C=O) groups is 15. The molecule has 36 heteroatoms. The van der Waals surface area contributed by atoms with E-state index in [0.29, 0.717) is 27.6 Å². The number of benzene rings is 3. The van der Waals surface area contributed by atoms with Gasteiger partial charge in [0.1, 0.15) is 96.7 Å². The Morgan fingerprint density at radius 1 is 0.629 bits per heavy atom. The van der Waals surface area contributed by atoms with Crippen LogP contribution in [-0.2, 0) is 105 Å². The predicted molar refractivity (Wildman–Crippen MR) is 365 cm³/mol. The number of aromatic nitrogens is 1. The lowest BCUT2D eigenvalue weighted by Gasteiger charge is -2.31. The number of nitrogens with zero attached hydrogens (tertiary/aromatic N) is 1. The van der Waals surface area contributed by atoms with Crippen LogP contribution in [0, 0.1) is 5.92 Å². The first kappa shape index (κ1) is 79.4. The number of hydrogen-bond acceptors (Lipinski definition) is 22. The van der Waals surface area contributed by atoms with Gasteiger partial charge in [-0.25, -0.2) is 4.79 Å². The molecule has 0 saturated carbocycles. The summed E-state index contributed by atoms with van der Waals surface area (Å²) in [6, 6.07) is -3.86. The van der Waals surface area contributed by atoms with Gasteiger partial charge >= 0.3 is 23.9 Å². The van der Waals surface area contributed by atoms with Gasteiger partial charge < -0.3 is 98.7 Å². The molecule has 0 spiro atoms. The molecule has 4 fully saturated rings. The molecular formula is C69H88N14O22. The van der Waals surface area contributed by atoms with E-state index in [1.807, 2.05) is 0 Å². The van der Waals surface area contributed by atoms with Gasteiger partial charge in [-0.15, -0.1) is 0 Å². The van der Waals surface area contributed by atoms with E-state index >= 15 is 24.0 Å².